The van der Waals surface area contributed by atoms with Gasteiger partial charge in [0.05, 0.1) is 18.5 Å². The van der Waals surface area contributed by atoms with E-state index in [1.54, 1.807) is 42.7 Å². The number of benzene rings is 2. The Morgan fingerprint density at radius 1 is 1.17 bits per heavy atom. The molecule has 0 spiro atoms. The van der Waals surface area contributed by atoms with Crippen LogP contribution in [0.3, 0.4) is 0 Å². The molecule has 0 N–H and O–H groups in total. The molecule has 2 aromatic heterocycles. The van der Waals surface area contributed by atoms with Crippen molar-refractivity contribution in [1.29, 1.82) is 0 Å². The summed E-state index contributed by atoms with van der Waals surface area (Å²) < 4.78 is 18.0. The molecular weight excluding hydrogens is 400 g/mol. The van der Waals surface area contributed by atoms with Crippen LogP contribution in [0.4, 0.5) is 0 Å². The molecule has 150 valence electrons. The number of ether oxygens (including phenoxy) is 3. The molecule has 1 aliphatic heterocycles. The first-order valence-electron chi connectivity index (χ1n) is 9.37. The van der Waals surface area contributed by atoms with Crippen LogP contribution in [-0.4, -0.2) is 29.1 Å². The number of hydrogen-bond donors (Lipinski definition) is 0. The molecule has 2 aromatic carbocycles. The molecule has 0 aliphatic carbocycles. The number of nitrogens with zero attached hydrogens (tertiary/aromatic N) is 2. The van der Waals surface area contributed by atoms with E-state index in [-0.39, 0.29) is 12.6 Å². The van der Waals surface area contributed by atoms with E-state index < -0.39 is 0 Å². The lowest BCUT2D eigenvalue weighted by molar-refractivity contribution is 0.104. The lowest BCUT2D eigenvalue weighted by Gasteiger charge is -2.03. The van der Waals surface area contributed by atoms with Gasteiger partial charge in [0, 0.05) is 22.2 Å². The van der Waals surface area contributed by atoms with Gasteiger partial charge >= 0.3 is 0 Å². The number of aryl methyl sites for hydroxylation is 1. The molecule has 1 aliphatic rings. The van der Waals surface area contributed by atoms with Crippen LogP contribution >= 0.6 is 11.3 Å². The molecule has 0 amide bonds. The molecule has 30 heavy (non-hydrogen) atoms. The number of fused-ring (bicyclic) bond motifs is 2. The van der Waals surface area contributed by atoms with Gasteiger partial charge in [-0.3, -0.25) is 9.20 Å². The highest BCUT2D eigenvalue weighted by Gasteiger charge is 2.17. The summed E-state index contributed by atoms with van der Waals surface area (Å²) in [7, 11) is 1.64. The lowest BCUT2D eigenvalue weighted by Crippen LogP contribution is -1.95. The Kier molecular flexibility index (Phi) is 4.52. The maximum atomic E-state index is 12.8. The number of methoxy groups -OCH3 is 1. The Bertz CT molecular complexity index is 1280. The predicted molar refractivity (Wildman–Crippen MR) is 116 cm³/mol. The summed E-state index contributed by atoms with van der Waals surface area (Å²) in [5.74, 6) is 1.92. The summed E-state index contributed by atoms with van der Waals surface area (Å²) in [5.41, 5.74) is 3.18. The summed E-state index contributed by atoms with van der Waals surface area (Å²) in [6.07, 6.45) is 5.42. The zero-order valence-electron chi connectivity index (χ0n) is 16.4. The Balaban J connectivity index is 1.53. The molecule has 7 heteroatoms. The zero-order valence-corrected chi connectivity index (χ0v) is 17.2. The van der Waals surface area contributed by atoms with E-state index in [0.717, 1.165) is 32.5 Å². The summed E-state index contributed by atoms with van der Waals surface area (Å²) in [4.78, 5) is 19.6. The maximum absolute atomic E-state index is 12.8. The van der Waals surface area contributed by atoms with Crippen LogP contribution in [0.2, 0.25) is 0 Å². The third-order valence-corrected chi connectivity index (χ3v) is 5.79. The first kappa shape index (κ1) is 18.4. The van der Waals surface area contributed by atoms with E-state index >= 15 is 0 Å². The number of allylic oxidation sites excluding steroid dienone is 1. The van der Waals surface area contributed by atoms with E-state index in [4.69, 9.17) is 19.2 Å². The number of imidazole rings is 1. The summed E-state index contributed by atoms with van der Waals surface area (Å²) in [5, 5.41) is 0. The number of ketones is 1. The van der Waals surface area contributed by atoms with Crippen molar-refractivity contribution in [2.45, 2.75) is 6.92 Å². The van der Waals surface area contributed by atoms with E-state index in [1.165, 1.54) is 0 Å². The van der Waals surface area contributed by atoms with Crippen molar-refractivity contribution in [3.8, 4) is 28.5 Å². The Morgan fingerprint density at radius 2 is 1.97 bits per heavy atom. The Morgan fingerprint density at radius 3 is 2.77 bits per heavy atom. The number of hydrogen-bond acceptors (Lipinski definition) is 6. The molecule has 4 aromatic rings. The second kappa shape index (κ2) is 7.35. The van der Waals surface area contributed by atoms with Gasteiger partial charge < -0.3 is 14.2 Å². The van der Waals surface area contributed by atoms with Gasteiger partial charge in [-0.15, -0.1) is 11.3 Å². The van der Waals surface area contributed by atoms with E-state index in [9.17, 15) is 4.79 Å². The number of carbonyl (C=O) groups excluding carboxylic acids is 1. The first-order chi connectivity index (χ1) is 14.6. The van der Waals surface area contributed by atoms with Crippen LogP contribution in [-0.2, 0) is 0 Å². The topological polar surface area (TPSA) is 62.1 Å². The van der Waals surface area contributed by atoms with Gasteiger partial charge in [0.15, 0.2) is 22.2 Å². The highest BCUT2D eigenvalue weighted by Crippen LogP contribution is 2.33. The number of carbonyl (C=O) groups is 1. The van der Waals surface area contributed by atoms with Crippen molar-refractivity contribution in [3.63, 3.8) is 0 Å². The third kappa shape index (κ3) is 3.23. The molecule has 0 atom stereocenters. The van der Waals surface area contributed by atoms with Crippen LogP contribution in [0, 0.1) is 6.92 Å². The average molecular weight is 418 g/mol. The van der Waals surface area contributed by atoms with Crippen molar-refractivity contribution in [1.82, 2.24) is 9.38 Å². The van der Waals surface area contributed by atoms with Gasteiger partial charge in [-0.25, -0.2) is 4.98 Å². The number of thiazole rings is 1. The SMILES string of the molecule is COc1ccc(-c2nc3sc(C)cn3c2/C=C/C(=O)c2ccc3c(c2)OCO3)cc1. The standard InChI is InChI=1S/C23H18N2O4S/c1-14-12-25-18(8-9-19(26)16-5-10-20-21(11-16)29-13-28-20)22(24-23(25)30-14)15-3-6-17(27-2)7-4-15/h3-12H,13H2,1-2H3/b9-8+. The molecule has 0 saturated carbocycles. The van der Waals surface area contributed by atoms with E-state index in [0.29, 0.717) is 17.1 Å². The van der Waals surface area contributed by atoms with Gasteiger partial charge in [-0.05, 0) is 61.5 Å². The van der Waals surface area contributed by atoms with Gasteiger partial charge in [0.2, 0.25) is 6.79 Å². The molecule has 0 radical (unpaired) electrons. The van der Waals surface area contributed by atoms with E-state index in [1.807, 2.05) is 47.9 Å². The van der Waals surface area contributed by atoms with Gasteiger partial charge in [-0.1, -0.05) is 0 Å². The molecule has 6 nitrogen and oxygen atoms in total. The quantitative estimate of drug-likeness (QED) is 0.337. The number of rotatable bonds is 5. The minimum absolute atomic E-state index is 0.115. The summed E-state index contributed by atoms with van der Waals surface area (Å²) >= 11 is 1.61. The predicted octanol–water partition coefficient (Wildman–Crippen LogP) is 5.00. The van der Waals surface area contributed by atoms with Gasteiger partial charge in [-0.2, -0.15) is 0 Å². The largest absolute Gasteiger partial charge is 0.497 e. The molecule has 5 rings (SSSR count). The fraction of sp³-hybridized carbons (Fsp3) is 0.130. The fourth-order valence-electron chi connectivity index (χ4n) is 3.39. The van der Waals surface area contributed by atoms with Crippen molar-refractivity contribution in [2.75, 3.05) is 13.9 Å². The van der Waals surface area contributed by atoms with Crippen LogP contribution in [0.1, 0.15) is 20.9 Å². The van der Waals surface area contributed by atoms with Crippen LogP contribution in [0.25, 0.3) is 22.3 Å². The maximum Gasteiger partial charge on any atom is 0.231 e. The second-order valence-electron chi connectivity index (χ2n) is 6.83. The third-order valence-electron chi connectivity index (χ3n) is 4.89. The van der Waals surface area contributed by atoms with Crippen LogP contribution in [0.5, 0.6) is 17.2 Å². The minimum Gasteiger partial charge on any atom is -0.497 e. The molecule has 3 heterocycles. The Hall–Kier alpha value is -3.58. The fourth-order valence-corrected chi connectivity index (χ4v) is 4.23. The zero-order chi connectivity index (χ0) is 20.7. The number of aromatic nitrogens is 2. The summed E-state index contributed by atoms with van der Waals surface area (Å²) in [6.45, 7) is 2.22. The van der Waals surface area contributed by atoms with Crippen LogP contribution in [0.15, 0.2) is 54.7 Å². The molecule has 0 unspecified atom stereocenters. The van der Waals surface area contributed by atoms with Crippen molar-refractivity contribution in [2.24, 2.45) is 0 Å². The molecule has 0 fully saturated rings. The smallest absolute Gasteiger partial charge is 0.231 e. The van der Waals surface area contributed by atoms with Crippen molar-refractivity contribution >= 4 is 28.2 Å². The van der Waals surface area contributed by atoms with Gasteiger partial charge in [0.25, 0.3) is 0 Å². The van der Waals surface area contributed by atoms with E-state index in [2.05, 4.69) is 0 Å². The molecular formula is C23H18N2O4S. The van der Waals surface area contributed by atoms with Crippen LogP contribution < -0.4 is 14.2 Å². The average Bonchev–Trinajstić information content (AvgIpc) is 3.45. The minimum atomic E-state index is -0.115. The van der Waals surface area contributed by atoms with Crippen molar-refractivity contribution < 1.29 is 19.0 Å². The lowest BCUT2D eigenvalue weighted by atomic mass is 10.1. The summed E-state index contributed by atoms with van der Waals surface area (Å²) in [6, 6.07) is 12.9. The van der Waals surface area contributed by atoms with Gasteiger partial charge in [0.1, 0.15) is 5.75 Å². The molecule has 0 bridgehead atoms. The highest BCUT2D eigenvalue weighted by molar-refractivity contribution is 7.17. The monoisotopic (exact) mass is 418 g/mol. The van der Waals surface area contributed by atoms with Crippen molar-refractivity contribution in [3.05, 3.63) is 70.9 Å². The first-order valence-corrected chi connectivity index (χ1v) is 10.2. The Labute approximate surface area is 177 Å². The normalized spacial score (nSPS) is 12.7. The molecule has 0 saturated heterocycles. The highest BCUT2D eigenvalue weighted by atomic mass is 32.1. The second-order valence-corrected chi connectivity index (χ2v) is 8.05.